The molecule has 0 atom stereocenters. The number of carbonyl (C=O) groups is 1. The molecule has 1 aromatic heterocycles. The molecular formula is C18H15ClFN3O2S. The van der Waals surface area contributed by atoms with Crippen molar-refractivity contribution >= 4 is 29.3 Å². The fraction of sp³-hybridized carbons (Fsp3) is 0.167. The van der Waals surface area contributed by atoms with Gasteiger partial charge in [-0.05, 0) is 48.4 Å². The number of halogens is 2. The quantitative estimate of drug-likeness (QED) is 0.636. The second-order valence-corrected chi connectivity index (χ2v) is 6.89. The van der Waals surface area contributed by atoms with Gasteiger partial charge < -0.3 is 9.73 Å². The van der Waals surface area contributed by atoms with E-state index in [2.05, 4.69) is 15.5 Å². The van der Waals surface area contributed by atoms with Crippen LogP contribution in [0.4, 0.5) is 4.39 Å². The summed E-state index contributed by atoms with van der Waals surface area (Å²) >= 11 is 6.99. The van der Waals surface area contributed by atoms with Crippen molar-refractivity contribution in [2.75, 3.05) is 5.75 Å². The van der Waals surface area contributed by atoms with Gasteiger partial charge in [-0.3, -0.25) is 4.79 Å². The van der Waals surface area contributed by atoms with Crippen LogP contribution in [0.5, 0.6) is 0 Å². The smallest absolute Gasteiger partial charge is 0.277 e. The third kappa shape index (κ3) is 4.83. The van der Waals surface area contributed by atoms with Crippen LogP contribution in [0.15, 0.2) is 52.1 Å². The van der Waals surface area contributed by atoms with E-state index in [1.165, 1.54) is 6.07 Å². The lowest BCUT2D eigenvalue weighted by molar-refractivity contribution is -0.118. The molecule has 5 nitrogen and oxygen atoms in total. The molecule has 0 radical (unpaired) electrons. The average Bonchev–Trinajstić information content (AvgIpc) is 3.10. The Morgan fingerprint density at radius 1 is 1.23 bits per heavy atom. The summed E-state index contributed by atoms with van der Waals surface area (Å²) in [5.41, 5.74) is 2.14. The van der Waals surface area contributed by atoms with Gasteiger partial charge in [0, 0.05) is 17.1 Å². The first-order chi connectivity index (χ1) is 12.5. The zero-order valence-corrected chi connectivity index (χ0v) is 15.4. The number of carbonyl (C=O) groups excluding carboxylic acids is 1. The number of thioether (sulfide) groups is 1. The van der Waals surface area contributed by atoms with Crippen LogP contribution in [0.3, 0.4) is 0 Å². The molecule has 0 fully saturated rings. The molecule has 1 N–H and O–H groups in total. The Balaban J connectivity index is 1.50. The summed E-state index contributed by atoms with van der Waals surface area (Å²) in [6, 6.07) is 11.8. The summed E-state index contributed by atoms with van der Waals surface area (Å²) in [6.45, 7) is 2.02. The van der Waals surface area contributed by atoms with E-state index >= 15 is 0 Å². The van der Waals surface area contributed by atoms with Crippen molar-refractivity contribution in [2.24, 2.45) is 0 Å². The molecule has 3 aromatic rings. The zero-order chi connectivity index (χ0) is 18.5. The molecule has 1 amide bonds. The van der Waals surface area contributed by atoms with Crippen LogP contribution < -0.4 is 5.32 Å². The molecule has 26 heavy (non-hydrogen) atoms. The van der Waals surface area contributed by atoms with Crippen molar-refractivity contribution in [3.8, 4) is 11.5 Å². The minimum atomic E-state index is -0.261. The van der Waals surface area contributed by atoms with Crippen molar-refractivity contribution < 1.29 is 13.6 Å². The largest absolute Gasteiger partial charge is 0.411 e. The Labute approximate surface area is 159 Å². The Kier molecular flexibility index (Phi) is 5.90. The van der Waals surface area contributed by atoms with Crippen LogP contribution in [0.1, 0.15) is 11.1 Å². The van der Waals surface area contributed by atoms with E-state index < -0.39 is 0 Å². The Bertz CT molecular complexity index is 915. The highest BCUT2D eigenvalue weighted by Crippen LogP contribution is 2.24. The normalized spacial score (nSPS) is 10.7. The van der Waals surface area contributed by atoms with E-state index in [1.54, 1.807) is 43.3 Å². The van der Waals surface area contributed by atoms with Crippen LogP contribution in [0.25, 0.3) is 11.5 Å². The highest BCUT2D eigenvalue weighted by atomic mass is 35.5. The lowest BCUT2D eigenvalue weighted by Crippen LogP contribution is -2.24. The maximum Gasteiger partial charge on any atom is 0.277 e. The van der Waals surface area contributed by atoms with Crippen LogP contribution in [-0.4, -0.2) is 21.9 Å². The molecule has 0 aliphatic heterocycles. The number of nitrogens with one attached hydrogen (secondary N) is 1. The fourth-order valence-electron chi connectivity index (χ4n) is 2.17. The number of aromatic nitrogens is 2. The third-order valence-corrected chi connectivity index (χ3v) is 4.61. The van der Waals surface area contributed by atoms with E-state index in [1.807, 2.05) is 0 Å². The van der Waals surface area contributed by atoms with Crippen LogP contribution in [0.2, 0.25) is 5.02 Å². The maximum absolute atomic E-state index is 13.2. The third-order valence-electron chi connectivity index (χ3n) is 3.54. The van der Waals surface area contributed by atoms with Gasteiger partial charge in [-0.2, -0.15) is 0 Å². The summed E-state index contributed by atoms with van der Waals surface area (Å²) in [5, 5.41) is 11.6. The van der Waals surface area contributed by atoms with E-state index in [-0.39, 0.29) is 17.5 Å². The molecule has 0 aliphatic rings. The molecular weight excluding hydrogens is 377 g/mol. The van der Waals surface area contributed by atoms with Crippen molar-refractivity contribution in [3.63, 3.8) is 0 Å². The fourth-order valence-corrected chi connectivity index (χ4v) is 2.89. The number of nitrogens with zero attached hydrogens (tertiary/aromatic N) is 2. The molecule has 2 aromatic carbocycles. The standard InChI is InChI=1S/C18H15ClFN3O2S/c1-11-8-12(2-7-15(11)20)9-21-16(24)10-26-18-23-22-17(25-18)13-3-5-14(19)6-4-13/h2-8H,9-10H2,1H3,(H,21,24). The van der Waals surface area contributed by atoms with E-state index in [9.17, 15) is 9.18 Å². The molecule has 0 unspecified atom stereocenters. The van der Waals surface area contributed by atoms with Gasteiger partial charge in [0.15, 0.2) is 0 Å². The molecule has 0 spiro atoms. The average molecular weight is 392 g/mol. The summed E-state index contributed by atoms with van der Waals surface area (Å²) in [6.07, 6.45) is 0. The first-order valence-electron chi connectivity index (χ1n) is 7.75. The number of aryl methyl sites for hydroxylation is 1. The SMILES string of the molecule is Cc1cc(CNC(=O)CSc2nnc(-c3ccc(Cl)cc3)o2)ccc1F. The number of amides is 1. The maximum atomic E-state index is 13.2. The van der Waals surface area contributed by atoms with Crippen LogP contribution >= 0.6 is 23.4 Å². The zero-order valence-electron chi connectivity index (χ0n) is 13.8. The number of hydrogen-bond acceptors (Lipinski definition) is 5. The molecule has 3 rings (SSSR count). The highest BCUT2D eigenvalue weighted by Gasteiger charge is 2.11. The van der Waals surface area contributed by atoms with E-state index in [0.717, 1.165) is 22.9 Å². The summed E-state index contributed by atoms with van der Waals surface area (Å²) in [7, 11) is 0. The molecule has 0 aliphatic carbocycles. The number of hydrogen-bond donors (Lipinski definition) is 1. The van der Waals surface area contributed by atoms with Crippen molar-refractivity contribution in [3.05, 3.63) is 64.4 Å². The first kappa shape index (κ1) is 18.4. The Morgan fingerprint density at radius 2 is 2.00 bits per heavy atom. The monoisotopic (exact) mass is 391 g/mol. The first-order valence-corrected chi connectivity index (χ1v) is 9.11. The lowest BCUT2D eigenvalue weighted by atomic mass is 10.1. The minimum absolute atomic E-state index is 0.141. The summed E-state index contributed by atoms with van der Waals surface area (Å²) < 4.78 is 18.8. The minimum Gasteiger partial charge on any atom is -0.411 e. The molecule has 0 saturated heterocycles. The van der Waals surface area contributed by atoms with Crippen molar-refractivity contribution in [1.82, 2.24) is 15.5 Å². The van der Waals surface area contributed by atoms with Crippen LogP contribution in [-0.2, 0) is 11.3 Å². The van der Waals surface area contributed by atoms with E-state index in [0.29, 0.717) is 28.2 Å². The van der Waals surface area contributed by atoms with E-state index in [4.69, 9.17) is 16.0 Å². The van der Waals surface area contributed by atoms with Gasteiger partial charge in [0.2, 0.25) is 11.8 Å². The predicted octanol–water partition coefficient (Wildman–Crippen LogP) is 4.25. The topological polar surface area (TPSA) is 68.0 Å². The van der Waals surface area contributed by atoms with Gasteiger partial charge in [-0.1, -0.05) is 35.5 Å². The predicted molar refractivity (Wildman–Crippen MR) is 98.5 cm³/mol. The second kappa shape index (κ2) is 8.33. The summed E-state index contributed by atoms with van der Waals surface area (Å²) in [4.78, 5) is 11.9. The van der Waals surface area contributed by atoms with Crippen LogP contribution in [0, 0.1) is 12.7 Å². The van der Waals surface area contributed by atoms with Gasteiger partial charge >= 0.3 is 0 Å². The Morgan fingerprint density at radius 3 is 2.73 bits per heavy atom. The Hall–Kier alpha value is -2.38. The second-order valence-electron chi connectivity index (χ2n) is 5.53. The molecule has 0 saturated carbocycles. The van der Waals surface area contributed by atoms with Crippen molar-refractivity contribution in [2.45, 2.75) is 18.7 Å². The van der Waals surface area contributed by atoms with Gasteiger partial charge in [-0.25, -0.2) is 4.39 Å². The van der Waals surface area contributed by atoms with Gasteiger partial charge in [-0.15, -0.1) is 10.2 Å². The summed E-state index contributed by atoms with van der Waals surface area (Å²) in [5.74, 6) is 0.0701. The van der Waals surface area contributed by atoms with Gasteiger partial charge in [0.25, 0.3) is 5.22 Å². The molecule has 134 valence electrons. The molecule has 8 heteroatoms. The van der Waals surface area contributed by atoms with Gasteiger partial charge in [0.1, 0.15) is 5.82 Å². The molecule has 0 bridgehead atoms. The number of benzene rings is 2. The van der Waals surface area contributed by atoms with Gasteiger partial charge in [0.05, 0.1) is 5.75 Å². The van der Waals surface area contributed by atoms with Crippen molar-refractivity contribution in [1.29, 1.82) is 0 Å². The number of rotatable bonds is 6. The highest BCUT2D eigenvalue weighted by molar-refractivity contribution is 7.99. The lowest BCUT2D eigenvalue weighted by Gasteiger charge is -2.05. The molecule has 1 heterocycles.